The van der Waals surface area contributed by atoms with Crippen LogP contribution in [0.25, 0.3) is 0 Å². The number of carbonyl (C=O) groups is 1. The Morgan fingerprint density at radius 3 is 2.78 bits per heavy atom. The van der Waals surface area contributed by atoms with Crippen LogP contribution in [0.3, 0.4) is 0 Å². The summed E-state index contributed by atoms with van der Waals surface area (Å²) in [5.74, 6) is 0.224. The molecule has 1 aliphatic heterocycles. The van der Waals surface area contributed by atoms with E-state index in [-0.39, 0.29) is 24.2 Å². The van der Waals surface area contributed by atoms with E-state index >= 15 is 0 Å². The Labute approximate surface area is 146 Å². The maximum Gasteiger partial charge on any atom is 0.227 e. The molecule has 1 aliphatic rings. The highest BCUT2D eigenvalue weighted by atomic mass is 35.5. The summed E-state index contributed by atoms with van der Waals surface area (Å²) in [5, 5.41) is 7.28. The number of benzene rings is 1. The van der Waals surface area contributed by atoms with Gasteiger partial charge in [-0.1, -0.05) is 12.1 Å². The molecule has 1 aromatic carbocycles. The second kappa shape index (κ2) is 8.38. The molecule has 3 rings (SSSR count). The fourth-order valence-corrected chi connectivity index (χ4v) is 3.42. The van der Waals surface area contributed by atoms with Gasteiger partial charge in [-0.25, -0.2) is 4.98 Å². The number of aryl methyl sites for hydroxylation is 1. The van der Waals surface area contributed by atoms with Crippen LogP contribution in [0.1, 0.15) is 12.8 Å². The van der Waals surface area contributed by atoms with Gasteiger partial charge in [-0.15, -0.1) is 12.4 Å². The van der Waals surface area contributed by atoms with E-state index in [9.17, 15) is 4.79 Å². The van der Waals surface area contributed by atoms with Crippen molar-refractivity contribution in [3.63, 3.8) is 0 Å². The molecule has 124 valence electrons. The van der Waals surface area contributed by atoms with Gasteiger partial charge in [0.15, 0.2) is 5.16 Å². The van der Waals surface area contributed by atoms with Crippen molar-refractivity contribution in [2.24, 2.45) is 13.0 Å². The highest BCUT2D eigenvalue weighted by Crippen LogP contribution is 2.32. The highest BCUT2D eigenvalue weighted by Gasteiger charge is 2.21. The lowest BCUT2D eigenvalue weighted by molar-refractivity contribution is -0.120. The minimum Gasteiger partial charge on any atom is -0.329 e. The maximum absolute atomic E-state index is 12.4. The van der Waals surface area contributed by atoms with Gasteiger partial charge < -0.3 is 15.2 Å². The van der Waals surface area contributed by atoms with Crippen molar-refractivity contribution in [1.29, 1.82) is 0 Å². The van der Waals surface area contributed by atoms with Gasteiger partial charge in [-0.05, 0) is 49.8 Å². The van der Waals surface area contributed by atoms with Crippen LogP contribution in [0.5, 0.6) is 0 Å². The Bertz CT molecular complexity index is 655. The van der Waals surface area contributed by atoms with E-state index in [4.69, 9.17) is 0 Å². The van der Waals surface area contributed by atoms with Crippen LogP contribution in [0.4, 0.5) is 5.69 Å². The monoisotopic (exact) mass is 352 g/mol. The summed E-state index contributed by atoms with van der Waals surface area (Å²) in [6.45, 7) is 1.84. The molecule has 1 saturated heterocycles. The van der Waals surface area contributed by atoms with Crippen LogP contribution in [0, 0.1) is 5.92 Å². The molecule has 0 atom stereocenters. The highest BCUT2D eigenvalue weighted by molar-refractivity contribution is 7.99. The van der Waals surface area contributed by atoms with Crippen LogP contribution < -0.4 is 10.6 Å². The van der Waals surface area contributed by atoms with Gasteiger partial charge in [0.1, 0.15) is 0 Å². The van der Waals surface area contributed by atoms with Crippen molar-refractivity contribution >= 4 is 35.8 Å². The average molecular weight is 353 g/mol. The van der Waals surface area contributed by atoms with E-state index in [2.05, 4.69) is 15.6 Å². The van der Waals surface area contributed by atoms with E-state index in [0.29, 0.717) is 0 Å². The number of anilines is 1. The van der Waals surface area contributed by atoms with E-state index in [0.717, 1.165) is 41.7 Å². The van der Waals surface area contributed by atoms with Gasteiger partial charge >= 0.3 is 0 Å². The predicted molar refractivity (Wildman–Crippen MR) is 95.2 cm³/mol. The lowest BCUT2D eigenvalue weighted by atomic mass is 9.97. The molecule has 0 unspecified atom stereocenters. The van der Waals surface area contributed by atoms with E-state index in [1.165, 1.54) is 0 Å². The predicted octanol–water partition coefficient (Wildman–Crippen LogP) is 2.93. The number of amides is 1. The fourth-order valence-electron chi connectivity index (χ4n) is 2.53. The maximum atomic E-state index is 12.4. The summed E-state index contributed by atoms with van der Waals surface area (Å²) in [6, 6.07) is 7.88. The summed E-state index contributed by atoms with van der Waals surface area (Å²) >= 11 is 1.56. The average Bonchev–Trinajstić information content (AvgIpc) is 2.95. The lowest BCUT2D eigenvalue weighted by Gasteiger charge is -2.22. The molecule has 0 spiro atoms. The van der Waals surface area contributed by atoms with Crippen molar-refractivity contribution in [3.05, 3.63) is 36.7 Å². The van der Waals surface area contributed by atoms with Crippen LogP contribution in [0.2, 0.25) is 0 Å². The molecule has 0 radical (unpaired) electrons. The molecule has 2 N–H and O–H groups in total. The molecular formula is C16H21ClN4OS. The second-order valence-electron chi connectivity index (χ2n) is 5.43. The number of halogens is 1. The standard InChI is InChI=1S/C16H20N4OS.ClH/c1-20-11-10-18-16(20)22-14-5-3-2-4-13(14)19-15(21)12-6-8-17-9-7-12;/h2-5,10-12,17H,6-9H2,1H3,(H,19,21);1H. The SMILES string of the molecule is Cl.Cn1ccnc1Sc1ccccc1NC(=O)C1CCNCC1. The number of carbonyl (C=O) groups excluding carboxylic acids is 1. The summed E-state index contributed by atoms with van der Waals surface area (Å²) in [5.41, 5.74) is 0.860. The van der Waals surface area contributed by atoms with E-state index < -0.39 is 0 Å². The molecule has 1 fully saturated rings. The van der Waals surface area contributed by atoms with Crippen LogP contribution in [-0.2, 0) is 11.8 Å². The van der Waals surface area contributed by atoms with Gasteiger partial charge in [0.2, 0.25) is 5.91 Å². The Morgan fingerprint density at radius 2 is 2.09 bits per heavy atom. The van der Waals surface area contributed by atoms with Crippen LogP contribution in [-0.4, -0.2) is 28.5 Å². The molecule has 1 amide bonds. The Balaban J connectivity index is 0.00000192. The molecule has 0 bridgehead atoms. The van der Waals surface area contributed by atoms with Crippen LogP contribution in [0.15, 0.2) is 46.7 Å². The van der Waals surface area contributed by atoms with Gasteiger partial charge in [0.05, 0.1) is 5.69 Å². The van der Waals surface area contributed by atoms with Gasteiger partial charge in [0.25, 0.3) is 0 Å². The Hall–Kier alpha value is -1.50. The minimum absolute atomic E-state index is 0. The van der Waals surface area contributed by atoms with Crippen molar-refractivity contribution in [1.82, 2.24) is 14.9 Å². The first-order valence-electron chi connectivity index (χ1n) is 7.50. The Kier molecular flexibility index (Phi) is 6.50. The molecule has 7 heteroatoms. The second-order valence-corrected chi connectivity index (χ2v) is 6.44. The third-order valence-corrected chi connectivity index (χ3v) is 4.98. The van der Waals surface area contributed by atoms with Gasteiger partial charge in [0, 0.05) is 30.3 Å². The number of imidazole rings is 1. The molecular weight excluding hydrogens is 332 g/mol. The zero-order valence-corrected chi connectivity index (χ0v) is 14.6. The number of nitrogens with one attached hydrogen (secondary N) is 2. The normalized spacial score (nSPS) is 15.0. The third-order valence-electron chi connectivity index (χ3n) is 3.83. The van der Waals surface area contributed by atoms with Gasteiger partial charge in [-0.2, -0.15) is 0 Å². The largest absolute Gasteiger partial charge is 0.329 e. The molecule has 1 aromatic heterocycles. The smallest absolute Gasteiger partial charge is 0.227 e. The number of nitrogens with zero attached hydrogens (tertiary/aromatic N) is 2. The van der Waals surface area contributed by atoms with Crippen molar-refractivity contribution < 1.29 is 4.79 Å². The van der Waals surface area contributed by atoms with Crippen LogP contribution >= 0.6 is 24.2 Å². The summed E-state index contributed by atoms with van der Waals surface area (Å²) < 4.78 is 1.97. The zero-order valence-electron chi connectivity index (χ0n) is 13.0. The summed E-state index contributed by atoms with van der Waals surface area (Å²) in [7, 11) is 1.96. The first-order valence-corrected chi connectivity index (χ1v) is 8.31. The topological polar surface area (TPSA) is 59.0 Å². The quantitative estimate of drug-likeness (QED) is 0.888. The van der Waals surface area contributed by atoms with E-state index in [1.807, 2.05) is 42.1 Å². The molecule has 0 aliphatic carbocycles. The third kappa shape index (κ3) is 4.50. The van der Waals surface area contributed by atoms with Crippen molar-refractivity contribution in [2.75, 3.05) is 18.4 Å². The van der Waals surface area contributed by atoms with Gasteiger partial charge in [-0.3, -0.25) is 4.79 Å². The molecule has 5 nitrogen and oxygen atoms in total. The molecule has 0 saturated carbocycles. The Morgan fingerprint density at radius 1 is 1.35 bits per heavy atom. The molecule has 23 heavy (non-hydrogen) atoms. The zero-order chi connectivity index (χ0) is 15.4. The first kappa shape index (κ1) is 17.8. The number of hydrogen-bond donors (Lipinski definition) is 2. The minimum atomic E-state index is 0. The molecule has 2 aromatic rings. The number of para-hydroxylation sites is 1. The summed E-state index contributed by atoms with van der Waals surface area (Å²) in [6.07, 6.45) is 5.50. The number of rotatable bonds is 4. The summed E-state index contributed by atoms with van der Waals surface area (Å²) in [4.78, 5) is 17.8. The fraction of sp³-hybridized carbons (Fsp3) is 0.375. The number of piperidine rings is 1. The lowest BCUT2D eigenvalue weighted by Crippen LogP contribution is -2.34. The van der Waals surface area contributed by atoms with Crippen molar-refractivity contribution in [2.45, 2.75) is 22.9 Å². The number of hydrogen-bond acceptors (Lipinski definition) is 4. The molecule has 2 heterocycles. The first-order chi connectivity index (χ1) is 10.7. The number of aromatic nitrogens is 2. The van der Waals surface area contributed by atoms with E-state index in [1.54, 1.807) is 18.0 Å². The van der Waals surface area contributed by atoms with Crippen molar-refractivity contribution in [3.8, 4) is 0 Å².